The van der Waals surface area contributed by atoms with Crippen LogP contribution in [0.4, 0.5) is 5.69 Å². The number of nitrogens with zero attached hydrogens (tertiary/aromatic N) is 1. The van der Waals surface area contributed by atoms with E-state index < -0.39 is 89.6 Å². The zero-order chi connectivity index (χ0) is 44.5. The van der Waals surface area contributed by atoms with Gasteiger partial charge in [0.15, 0.2) is 12.4 Å². The fourth-order valence-corrected chi connectivity index (χ4v) is 8.65. The Morgan fingerprint density at radius 3 is 2.20 bits per heavy atom. The standard InChI is InChI=1S/C45H60N2O13/c1-21-13-12-14-22(2)44(55)46-30-19-32(57-20-33(49)47-23(3)15-16-24(47)4)34-35(40(30)53)39(52)28(8)42-36(34)43(54)45(10,60-42)58-18-17-31(56-11)25(5)41(59-29(9)48)27(7)38(51)26(6)37(21)50/h12-14,17-19,21,23-27,31,37-38,41,50-53H,15-16,20H2,1-11H3,(H,46,55)/b13-12+,18-17+,22-14-/t21-,23?,24?,25-,26-,27-,31+,37-,38+,41-,45+/m1/s1. The molecule has 4 heterocycles. The molecule has 6 rings (SSSR count). The first-order valence-electron chi connectivity index (χ1n) is 20.4. The number of hydrogen-bond donors (Lipinski definition) is 5. The van der Waals surface area contributed by atoms with Crippen LogP contribution in [0.25, 0.3) is 10.8 Å². The van der Waals surface area contributed by atoms with Gasteiger partial charge in [-0.15, -0.1) is 0 Å². The number of benzene rings is 2. The predicted octanol–water partition coefficient (Wildman–Crippen LogP) is 5.83. The fourth-order valence-electron chi connectivity index (χ4n) is 8.65. The maximum atomic E-state index is 14.5. The zero-order valence-corrected chi connectivity index (χ0v) is 36.3. The average molecular weight is 837 g/mol. The van der Waals surface area contributed by atoms with Crippen LogP contribution in [-0.4, -0.2) is 105 Å². The Kier molecular flexibility index (Phi) is 14.0. The molecule has 2 aromatic rings. The quantitative estimate of drug-likeness (QED) is 0.178. The summed E-state index contributed by atoms with van der Waals surface area (Å²) in [5.74, 6) is -7.90. The third-order valence-electron chi connectivity index (χ3n) is 12.4. The number of fused-ring (bicyclic) bond motifs is 14. The van der Waals surface area contributed by atoms with Crippen LogP contribution in [0.1, 0.15) is 91.1 Å². The summed E-state index contributed by atoms with van der Waals surface area (Å²) in [6.45, 7) is 16.0. The summed E-state index contributed by atoms with van der Waals surface area (Å²) in [5.41, 5.74) is 0.0212. The molecule has 5 N–H and O–H groups in total. The van der Waals surface area contributed by atoms with Gasteiger partial charge >= 0.3 is 11.8 Å². The number of esters is 1. The molecule has 11 atom stereocenters. The molecule has 2 unspecified atom stereocenters. The Hall–Kier alpha value is -5.12. The molecule has 15 nitrogen and oxygen atoms in total. The van der Waals surface area contributed by atoms with Gasteiger partial charge in [0, 0.05) is 79.3 Å². The van der Waals surface area contributed by atoms with Crippen LogP contribution < -0.4 is 14.8 Å². The molecule has 60 heavy (non-hydrogen) atoms. The van der Waals surface area contributed by atoms with Crippen molar-refractivity contribution in [3.63, 3.8) is 0 Å². The lowest BCUT2D eigenvalue weighted by Gasteiger charge is -2.38. The molecule has 5 bridgehead atoms. The number of carbonyl (C=O) groups is 4. The number of nitrogens with one attached hydrogen (secondary N) is 1. The first kappa shape index (κ1) is 46.0. The molecule has 4 aliphatic rings. The Balaban J connectivity index is 1.67. The molecule has 0 aromatic heterocycles. The van der Waals surface area contributed by atoms with E-state index >= 15 is 0 Å². The van der Waals surface area contributed by atoms with Crippen molar-refractivity contribution in [2.75, 3.05) is 19.0 Å². The van der Waals surface area contributed by atoms with Gasteiger partial charge < -0.3 is 54.3 Å². The van der Waals surface area contributed by atoms with E-state index in [-0.39, 0.29) is 62.6 Å². The van der Waals surface area contributed by atoms with Gasteiger partial charge in [0.1, 0.15) is 23.4 Å². The molecule has 2 aromatic carbocycles. The summed E-state index contributed by atoms with van der Waals surface area (Å²) in [6, 6.07) is 1.24. The number of likely N-dealkylation sites (tertiary alicyclic amines) is 1. The normalized spacial score (nSPS) is 33.4. The molecule has 0 spiro atoms. The summed E-state index contributed by atoms with van der Waals surface area (Å²) >= 11 is 0. The number of carbonyl (C=O) groups excluding carboxylic acids is 4. The Morgan fingerprint density at radius 1 is 0.933 bits per heavy atom. The molecule has 1 fully saturated rings. The highest BCUT2D eigenvalue weighted by molar-refractivity contribution is 6.21. The third-order valence-corrected chi connectivity index (χ3v) is 12.4. The predicted molar refractivity (Wildman–Crippen MR) is 223 cm³/mol. The van der Waals surface area contributed by atoms with Crippen molar-refractivity contribution < 1.29 is 63.3 Å². The first-order valence-corrected chi connectivity index (χ1v) is 20.4. The van der Waals surface area contributed by atoms with Gasteiger partial charge in [-0.1, -0.05) is 45.9 Å². The molecule has 0 radical (unpaired) electrons. The van der Waals surface area contributed by atoms with Crippen molar-refractivity contribution in [3.8, 4) is 23.0 Å². The second-order valence-corrected chi connectivity index (χ2v) is 16.8. The second kappa shape index (κ2) is 18.2. The van der Waals surface area contributed by atoms with Crippen molar-refractivity contribution >= 4 is 40.0 Å². The van der Waals surface area contributed by atoms with E-state index in [0.29, 0.717) is 0 Å². The number of anilines is 1. The lowest BCUT2D eigenvalue weighted by molar-refractivity contribution is -0.160. The van der Waals surface area contributed by atoms with Crippen LogP contribution in [0.5, 0.6) is 23.0 Å². The molecular weight excluding hydrogens is 776 g/mol. The number of Topliss-reactive ketones (excluding diaryl/α,β-unsaturated/α-hetero) is 1. The van der Waals surface area contributed by atoms with Crippen LogP contribution in [0.2, 0.25) is 0 Å². The zero-order valence-electron chi connectivity index (χ0n) is 36.3. The minimum absolute atomic E-state index is 0.0242. The van der Waals surface area contributed by atoms with E-state index in [1.165, 1.54) is 59.3 Å². The Morgan fingerprint density at radius 2 is 1.58 bits per heavy atom. The van der Waals surface area contributed by atoms with E-state index in [1.54, 1.807) is 44.7 Å². The minimum Gasteiger partial charge on any atom is -0.507 e. The highest BCUT2D eigenvalue weighted by Gasteiger charge is 2.50. The molecule has 1 saturated heterocycles. The summed E-state index contributed by atoms with van der Waals surface area (Å²) in [5, 5.41) is 48.6. The van der Waals surface area contributed by atoms with Gasteiger partial charge in [-0.3, -0.25) is 19.2 Å². The largest absolute Gasteiger partial charge is 0.507 e. The SMILES string of the molecule is CO[C@H]1/C=C/O[C@@]2(C)Oc3c(C)c(O)c4c(O)c(cc(OCC(=O)N5C(C)CCC5C)c4c3C2=O)NC(=O)/C(C)=C\C=C\[C@@H](C)[C@@H](O)[C@@H](C)[C@H](O)[C@@H](C)[C@H](OC(C)=O)[C@@H]1C. The van der Waals surface area contributed by atoms with Crippen LogP contribution in [0, 0.1) is 30.6 Å². The van der Waals surface area contributed by atoms with Crippen molar-refractivity contribution in [3.05, 3.63) is 53.3 Å². The lowest BCUT2D eigenvalue weighted by atomic mass is 9.78. The third kappa shape index (κ3) is 8.84. The first-order chi connectivity index (χ1) is 28.1. The smallest absolute Gasteiger partial charge is 0.312 e. The number of hydrogen-bond acceptors (Lipinski definition) is 13. The number of aromatic hydroxyl groups is 2. The number of allylic oxidation sites excluding steroid dienone is 2. The number of amides is 2. The fraction of sp³-hybridized carbons (Fsp3) is 0.556. The molecule has 2 amide bonds. The molecule has 0 saturated carbocycles. The summed E-state index contributed by atoms with van der Waals surface area (Å²) < 4.78 is 29.9. The molecule has 0 aliphatic carbocycles. The van der Waals surface area contributed by atoms with Crippen LogP contribution in [0.3, 0.4) is 0 Å². The number of methoxy groups -OCH3 is 1. The summed E-state index contributed by atoms with van der Waals surface area (Å²) in [4.78, 5) is 55.8. The van der Waals surface area contributed by atoms with E-state index in [2.05, 4.69) is 5.32 Å². The maximum absolute atomic E-state index is 14.5. The number of phenols is 2. The number of aliphatic hydroxyl groups excluding tert-OH is 2. The monoisotopic (exact) mass is 836 g/mol. The molecule has 328 valence electrons. The van der Waals surface area contributed by atoms with Crippen molar-refractivity contribution in [1.82, 2.24) is 4.90 Å². The lowest BCUT2D eigenvalue weighted by Crippen LogP contribution is -2.46. The number of phenolic OH excluding ortho intramolecular Hbond substituents is 2. The van der Waals surface area contributed by atoms with Crippen molar-refractivity contribution in [2.24, 2.45) is 23.7 Å². The van der Waals surface area contributed by atoms with E-state index in [1.807, 2.05) is 13.8 Å². The number of ketones is 1. The topological polar surface area (TPSA) is 211 Å². The van der Waals surface area contributed by atoms with Gasteiger partial charge in [0.05, 0.1) is 41.2 Å². The maximum Gasteiger partial charge on any atom is 0.312 e. The Bertz CT molecular complexity index is 2080. The highest BCUT2D eigenvalue weighted by Crippen LogP contribution is 2.54. The summed E-state index contributed by atoms with van der Waals surface area (Å²) in [7, 11) is 1.44. The van der Waals surface area contributed by atoms with Gasteiger partial charge in [-0.2, -0.15) is 0 Å². The van der Waals surface area contributed by atoms with E-state index in [4.69, 9.17) is 23.7 Å². The number of rotatable bonds is 5. The average Bonchev–Trinajstić information content (AvgIpc) is 3.68. The van der Waals surface area contributed by atoms with Crippen LogP contribution in [0.15, 0.2) is 42.2 Å². The number of ether oxygens (including phenoxy) is 5. The minimum atomic E-state index is -2.02. The van der Waals surface area contributed by atoms with E-state index in [9.17, 15) is 39.6 Å². The molecular formula is C45H60N2O13. The molecule has 15 heteroatoms. The van der Waals surface area contributed by atoms with E-state index in [0.717, 1.165) is 12.8 Å². The van der Waals surface area contributed by atoms with Gasteiger partial charge in [-0.25, -0.2) is 0 Å². The Labute approximate surface area is 351 Å². The summed E-state index contributed by atoms with van der Waals surface area (Å²) in [6.07, 6.45) is 5.28. The highest BCUT2D eigenvalue weighted by atomic mass is 16.7. The van der Waals surface area contributed by atoms with Gasteiger partial charge in [0.2, 0.25) is 0 Å². The molecule has 4 aliphatic heterocycles. The van der Waals surface area contributed by atoms with Crippen LogP contribution >= 0.6 is 0 Å². The van der Waals surface area contributed by atoms with Crippen molar-refractivity contribution in [1.29, 1.82) is 0 Å². The van der Waals surface area contributed by atoms with Gasteiger partial charge in [0.25, 0.3) is 17.6 Å². The van der Waals surface area contributed by atoms with Gasteiger partial charge in [-0.05, 0) is 46.6 Å². The number of aliphatic hydroxyl groups is 2. The van der Waals surface area contributed by atoms with Crippen LogP contribution in [-0.2, 0) is 28.6 Å². The second-order valence-electron chi connectivity index (χ2n) is 16.8. The van der Waals surface area contributed by atoms with Crippen molar-refractivity contribution in [2.45, 2.75) is 124 Å².